The van der Waals surface area contributed by atoms with E-state index in [4.69, 9.17) is 9.47 Å². The molecule has 0 aromatic heterocycles. The van der Waals surface area contributed by atoms with E-state index in [2.05, 4.69) is 6.58 Å². The van der Waals surface area contributed by atoms with Crippen LogP contribution in [0.15, 0.2) is 36.9 Å². The van der Waals surface area contributed by atoms with Crippen LogP contribution in [0.3, 0.4) is 0 Å². The average Bonchev–Trinajstić information content (AvgIpc) is 3.19. The Morgan fingerprint density at radius 2 is 2.00 bits per heavy atom. The molecule has 0 aliphatic heterocycles. The Kier molecular flexibility index (Phi) is 4.23. The highest BCUT2D eigenvalue weighted by atomic mass is 16.7. The molecule has 1 aliphatic carbocycles. The molecule has 0 radical (unpaired) electrons. The van der Waals surface area contributed by atoms with Gasteiger partial charge in [0.2, 0.25) is 6.29 Å². The summed E-state index contributed by atoms with van der Waals surface area (Å²) in [6, 6.07) is 7.54. The summed E-state index contributed by atoms with van der Waals surface area (Å²) >= 11 is 0. The van der Waals surface area contributed by atoms with E-state index in [0.717, 1.165) is 18.1 Å². The van der Waals surface area contributed by atoms with E-state index in [1.54, 1.807) is 13.8 Å². The van der Waals surface area contributed by atoms with E-state index in [1.165, 1.54) is 0 Å². The molecule has 1 aromatic carbocycles. The van der Waals surface area contributed by atoms with Crippen molar-refractivity contribution in [1.29, 1.82) is 0 Å². The van der Waals surface area contributed by atoms with Crippen molar-refractivity contribution in [3.63, 3.8) is 0 Å². The Labute approximate surface area is 118 Å². The lowest BCUT2D eigenvalue weighted by molar-refractivity contribution is -0.154. The molecular weight excluding hydrogens is 256 g/mol. The Morgan fingerprint density at radius 1 is 1.35 bits per heavy atom. The zero-order valence-electron chi connectivity index (χ0n) is 11.7. The fourth-order valence-corrected chi connectivity index (χ4v) is 2.23. The van der Waals surface area contributed by atoms with Gasteiger partial charge in [-0.2, -0.15) is 0 Å². The van der Waals surface area contributed by atoms with Crippen molar-refractivity contribution in [2.45, 2.75) is 32.5 Å². The minimum atomic E-state index is -0.669. The van der Waals surface area contributed by atoms with Crippen molar-refractivity contribution in [2.75, 3.05) is 0 Å². The summed E-state index contributed by atoms with van der Waals surface area (Å²) in [6.45, 7) is 6.60. The van der Waals surface area contributed by atoms with Gasteiger partial charge in [0.1, 0.15) is 11.5 Å². The van der Waals surface area contributed by atoms with Gasteiger partial charge < -0.3 is 9.47 Å². The molecule has 0 heterocycles. The Morgan fingerprint density at radius 3 is 2.50 bits per heavy atom. The summed E-state index contributed by atoms with van der Waals surface area (Å²) in [5, 5.41) is 0. The standard InChI is InChI=1S/C16H18O4/c1-4-16(18)20-11(3)19-13-7-5-12(6-8-13)15-9-14(15)10(2)17/h4-8,11,14-15H,1,9H2,2-3H3. The van der Waals surface area contributed by atoms with Gasteiger partial charge in [-0.15, -0.1) is 0 Å². The van der Waals surface area contributed by atoms with Crippen LogP contribution in [0.25, 0.3) is 0 Å². The van der Waals surface area contributed by atoms with Crippen molar-refractivity contribution < 1.29 is 19.1 Å². The largest absolute Gasteiger partial charge is 0.455 e. The lowest BCUT2D eigenvalue weighted by atomic mass is 10.1. The first kappa shape index (κ1) is 14.3. The lowest BCUT2D eigenvalue weighted by Gasteiger charge is -2.14. The van der Waals surface area contributed by atoms with E-state index in [9.17, 15) is 9.59 Å². The maximum atomic E-state index is 11.3. The highest BCUT2D eigenvalue weighted by Crippen LogP contribution is 2.48. The van der Waals surface area contributed by atoms with Gasteiger partial charge in [0, 0.05) is 18.9 Å². The fourth-order valence-electron chi connectivity index (χ4n) is 2.23. The van der Waals surface area contributed by atoms with Gasteiger partial charge in [-0.3, -0.25) is 4.79 Å². The van der Waals surface area contributed by atoms with Crippen LogP contribution in [0, 0.1) is 5.92 Å². The summed E-state index contributed by atoms with van der Waals surface area (Å²) < 4.78 is 10.4. The van der Waals surface area contributed by atoms with E-state index < -0.39 is 12.3 Å². The maximum absolute atomic E-state index is 11.3. The molecule has 4 nitrogen and oxygen atoms in total. The van der Waals surface area contributed by atoms with Crippen LogP contribution in [0.1, 0.15) is 31.7 Å². The number of esters is 1. The molecule has 0 bridgehead atoms. The highest BCUT2D eigenvalue weighted by molar-refractivity contribution is 5.82. The van der Waals surface area contributed by atoms with E-state index in [-0.39, 0.29) is 11.7 Å². The number of carbonyl (C=O) groups is 2. The van der Waals surface area contributed by atoms with Crippen molar-refractivity contribution >= 4 is 11.8 Å². The Balaban J connectivity index is 1.90. The molecule has 0 spiro atoms. The molecule has 0 saturated heterocycles. The number of benzene rings is 1. The molecule has 1 fully saturated rings. The smallest absolute Gasteiger partial charge is 0.333 e. The number of Topliss-reactive ketones (excluding diaryl/α,β-unsaturated/α-hetero) is 1. The van der Waals surface area contributed by atoms with Crippen LogP contribution in [-0.2, 0) is 14.3 Å². The summed E-state index contributed by atoms with van der Waals surface area (Å²) in [5.74, 6) is 0.877. The molecule has 2 rings (SSSR count). The molecule has 3 unspecified atom stereocenters. The monoisotopic (exact) mass is 274 g/mol. The minimum absolute atomic E-state index is 0.175. The van der Waals surface area contributed by atoms with Gasteiger partial charge in [-0.25, -0.2) is 4.79 Å². The Bertz CT molecular complexity index is 518. The van der Waals surface area contributed by atoms with E-state index in [1.807, 2.05) is 24.3 Å². The minimum Gasteiger partial charge on any atom is -0.455 e. The molecule has 0 N–H and O–H groups in total. The third kappa shape index (κ3) is 3.47. The third-order valence-electron chi connectivity index (χ3n) is 3.37. The first-order chi connectivity index (χ1) is 9.51. The number of carbonyl (C=O) groups excluding carboxylic acids is 2. The molecule has 4 heteroatoms. The van der Waals surface area contributed by atoms with Crippen LogP contribution >= 0.6 is 0 Å². The molecule has 3 atom stereocenters. The quantitative estimate of drug-likeness (QED) is 0.455. The SMILES string of the molecule is C=CC(=O)OC(C)Oc1ccc(C2CC2C(C)=O)cc1. The van der Waals surface area contributed by atoms with Crippen LogP contribution < -0.4 is 4.74 Å². The predicted octanol–water partition coefficient (Wildman–Crippen LogP) is 2.83. The second kappa shape index (κ2) is 5.90. The molecule has 106 valence electrons. The molecular formula is C16H18O4. The third-order valence-corrected chi connectivity index (χ3v) is 3.37. The zero-order valence-corrected chi connectivity index (χ0v) is 11.7. The van der Waals surface area contributed by atoms with Crippen molar-refractivity contribution in [3.05, 3.63) is 42.5 Å². The number of ether oxygens (including phenoxy) is 2. The second-order valence-corrected chi connectivity index (χ2v) is 4.95. The summed E-state index contributed by atoms with van der Waals surface area (Å²) in [7, 11) is 0. The van der Waals surface area contributed by atoms with Crippen molar-refractivity contribution in [1.82, 2.24) is 0 Å². The molecule has 0 amide bonds. The number of hydrogen-bond acceptors (Lipinski definition) is 4. The van der Waals surface area contributed by atoms with Gasteiger partial charge in [0.15, 0.2) is 0 Å². The second-order valence-electron chi connectivity index (χ2n) is 4.95. The fraction of sp³-hybridized carbons (Fsp3) is 0.375. The summed E-state index contributed by atoms with van der Waals surface area (Å²) in [5.41, 5.74) is 1.15. The molecule has 20 heavy (non-hydrogen) atoms. The van der Waals surface area contributed by atoms with Gasteiger partial charge in [0.25, 0.3) is 0 Å². The van der Waals surface area contributed by atoms with E-state index >= 15 is 0 Å². The molecule has 1 aliphatic rings. The van der Waals surface area contributed by atoms with Gasteiger partial charge in [-0.1, -0.05) is 18.7 Å². The number of ketones is 1. The topological polar surface area (TPSA) is 52.6 Å². The van der Waals surface area contributed by atoms with E-state index in [0.29, 0.717) is 11.7 Å². The maximum Gasteiger partial charge on any atom is 0.333 e. The Hall–Kier alpha value is -2.10. The molecule has 1 saturated carbocycles. The summed E-state index contributed by atoms with van der Waals surface area (Å²) in [4.78, 5) is 22.3. The average molecular weight is 274 g/mol. The van der Waals surface area contributed by atoms with Crippen LogP contribution in [0.4, 0.5) is 0 Å². The summed E-state index contributed by atoms with van der Waals surface area (Å²) in [6.07, 6.45) is 1.36. The van der Waals surface area contributed by atoms with Crippen LogP contribution in [-0.4, -0.2) is 18.0 Å². The van der Waals surface area contributed by atoms with Crippen LogP contribution in [0.2, 0.25) is 0 Å². The number of hydrogen-bond donors (Lipinski definition) is 0. The van der Waals surface area contributed by atoms with Gasteiger partial charge >= 0.3 is 5.97 Å². The van der Waals surface area contributed by atoms with Crippen molar-refractivity contribution in [3.8, 4) is 5.75 Å². The zero-order chi connectivity index (χ0) is 14.7. The number of rotatable bonds is 6. The first-order valence-electron chi connectivity index (χ1n) is 6.61. The predicted molar refractivity (Wildman–Crippen MR) is 74.4 cm³/mol. The lowest BCUT2D eigenvalue weighted by Crippen LogP contribution is -2.19. The van der Waals surface area contributed by atoms with Gasteiger partial charge in [-0.05, 0) is 37.0 Å². The van der Waals surface area contributed by atoms with Crippen LogP contribution in [0.5, 0.6) is 5.75 Å². The highest BCUT2D eigenvalue weighted by Gasteiger charge is 2.41. The first-order valence-corrected chi connectivity index (χ1v) is 6.61. The van der Waals surface area contributed by atoms with Gasteiger partial charge in [0.05, 0.1) is 0 Å². The normalized spacial score (nSPS) is 21.7. The molecule has 1 aromatic rings. The van der Waals surface area contributed by atoms with Crippen molar-refractivity contribution in [2.24, 2.45) is 5.92 Å².